The lowest BCUT2D eigenvalue weighted by Gasteiger charge is -2.27. The van der Waals surface area contributed by atoms with E-state index in [1.807, 2.05) is 0 Å². The van der Waals surface area contributed by atoms with Crippen molar-refractivity contribution in [3.05, 3.63) is 0 Å². The molecular formula is C7H11F4NO. The van der Waals surface area contributed by atoms with Crippen LogP contribution < -0.4 is 5.32 Å². The fraction of sp³-hybridized carbons (Fsp3) is 1.00. The molecule has 1 aliphatic rings. The third-order valence-corrected chi connectivity index (χ3v) is 1.86. The standard InChI is InChI=1S/C7H11F4NO/c8-5(6(9)7(10)11)4-3-12-1-2-13-4/h4-7,12H,1-3H2. The van der Waals surface area contributed by atoms with Gasteiger partial charge in [0.15, 0.2) is 12.3 Å². The first-order valence-corrected chi connectivity index (χ1v) is 4.01. The molecule has 0 radical (unpaired) electrons. The number of halogens is 4. The van der Waals surface area contributed by atoms with Gasteiger partial charge >= 0.3 is 0 Å². The molecule has 1 heterocycles. The molecule has 1 aliphatic heterocycles. The quantitative estimate of drug-likeness (QED) is 0.685. The summed E-state index contributed by atoms with van der Waals surface area (Å²) < 4.78 is 53.7. The Morgan fingerprint density at radius 1 is 1.23 bits per heavy atom. The van der Waals surface area contributed by atoms with Crippen molar-refractivity contribution in [2.45, 2.75) is 24.9 Å². The van der Waals surface area contributed by atoms with Crippen molar-refractivity contribution in [3.8, 4) is 0 Å². The van der Waals surface area contributed by atoms with Gasteiger partial charge in [-0.2, -0.15) is 0 Å². The number of nitrogens with one attached hydrogen (secondary N) is 1. The molecule has 1 saturated heterocycles. The lowest BCUT2D eigenvalue weighted by atomic mass is 10.1. The predicted molar refractivity (Wildman–Crippen MR) is 38.4 cm³/mol. The van der Waals surface area contributed by atoms with Crippen LogP contribution in [0.2, 0.25) is 0 Å². The fourth-order valence-corrected chi connectivity index (χ4v) is 1.13. The Labute approximate surface area is 73.2 Å². The highest BCUT2D eigenvalue weighted by Crippen LogP contribution is 2.18. The first kappa shape index (κ1) is 10.7. The molecule has 0 saturated carbocycles. The van der Waals surface area contributed by atoms with E-state index in [9.17, 15) is 17.6 Å². The van der Waals surface area contributed by atoms with Crippen LogP contribution in [-0.4, -0.2) is 44.6 Å². The Balaban J connectivity index is 2.40. The summed E-state index contributed by atoms with van der Waals surface area (Å²) >= 11 is 0. The zero-order valence-electron chi connectivity index (χ0n) is 6.85. The second-order valence-electron chi connectivity index (χ2n) is 2.84. The Kier molecular flexibility index (Phi) is 3.92. The number of rotatable bonds is 3. The van der Waals surface area contributed by atoms with E-state index in [2.05, 4.69) is 5.32 Å². The number of hydrogen-bond acceptors (Lipinski definition) is 2. The molecule has 0 spiro atoms. The third-order valence-electron chi connectivity index (χ3n) is 1.86. The monoisotopic (exact) mass is 201 g/mol. The molecule has 0 aliphatic carbocycles. The van der Waals surface area contributed by atoms with Gasteiger partial charge in [-0.15, -0.1) is 0 Å². The minimum absolute atomic E-state index is 0.0777. The molecule has 0 aromatic carbocycles. The van der Waals surface area contributed by atoms with Crippen molar-refractivity contribution >= 4 is 0 Å². The van der Waals surface area contributed by atoms with Crippen LogP contribution in [0.3, 0.4) is 0 Å². The van der Waals surface area contributed by atoms with Crippen molar-refractivity contribution in [2.24, 2.45) is 0 Å². The van der Waals surface area contributed by atoms with E-state index in [1.165, 1.54) is 0 Å². The van der Waals surface area contributed by atoms with E-state index in [-0.39, 0.29) is 13.2 Å². The number of morpholine rings is 1. The molecule has 13 heavy (non-hydrogen) atoms. The fourth-order valence-electron chi connectivity index (χ4n) is 1.13. The van der Waals surface area contributed by atoms with E-state index < -0.39 is 24.9 Å². The molecule has 1 rings (SSSR count). The van der Waals surface area contributed by atoms with Crippen LogP contribution in [0.25, 0.3) is 0 Å². The maximum Gasteiger partial charge on any atom is 0.272 e. The van der Waals surface area contributed by atoms with Gasteiger partial charge in [0.05, 0.1) is 6.61 Å². The molecule has 0 aromatic heterocycles. The van der Waals surface area contributed by atoms with Gasteiger partial charge < -0.3 is 10.1 Å². The van der Waals surface area contributed by atoms with Gasteiger partial charge in [0.2, 0.25) is 0 Å². The van der Waals surface area contributed by atoms with Crippen LogP contribution in [-0.2, 0) is 4.74 Å². The minimum atomic E-state index is -3.29. The number of hydrogen-bond donors (Lipinski definition) is 1. The van der Waals surface area contributed by atoms with Crippen LogP contribution in [0, 0.1) is 0 Å². The number of alkyl halides is 4. The number of ether oxygens (including phenoxy) is 1. The summed E-state index contributed by atoms with van der Waals surface area (Å²) in [6, 6.07) is 0. The molecular weight excluding hydrogens is 190 g/mol. The highest BCUT2D eigenvalue weighted by atomic mass is 19.3. The second kappa shape index (κ2) is 4.76. The molecule has 1 fully saturated rings. The van der Waals surface area contributed by atoms with Gasteiger partial charge in [0.25, 0.3) is 6.43 Å². The Morgan fingerprint density at radius 3 is 2.38 bits per heavy atom. The van der Waals surface area contributed by atoms with Crippen LogP contribution in [0.4, 0.5) is 17.6 Å². The zero-order chi connectivity index (χ0) is 9.84. The van der Waals surface area contributed by atoms with E-state index in [1.54, 1.807) is 0 Å². The molecule has 0 aromatic rings. The van der Waals surface area contributed by atoms with Gasteiger partial charge in [0.1, 0.15) is 6.10 Å². The van der Waals surface area contributed by atoms with Gasteiger partial charge in [0, 0.05) is 13.1 Å². The summed E-state index contributed by atoms with van der Waals surface area (Å²) in [4.78, 5) is 0. The van der Waals surface area contributed by atoms with Crippen LogP contribution in [0.5, 0.6) is 0 Å². The van der Waals surface area contributed by atoms with Gasteiger partial charge in [-0.3, -0.25) is 0 Å². The average molecular weight is 201 g/mol. The summed E-state index contributed by atoms with van der Waals surface area (Å²) in [5.74, 6) is 0. The lowest BCUT2D eigenvalue weighted by molar-refractivity contribution is -0.0802. The molecule has 2 nitrogen and oxygen atoms in total. The highest BCUT2D eigenvalue weighted by molar-refractivity contribution is 4.82. The van der Waals surface area contributed by atoms with Crippen molar-refractivity contribution < 1.29 is 22.3 Å². The first-order chi connectivity index (χ1) is 6.13. The summed E-state index contributed by atoms with van der Waals surface area (Å²) in [6.45, 7) is 0.838. The van der Waals surface area contributed by atoms with E-state index in [4.69, 9.17) is 4.74 Å². The Morgan fingerprint density at radius 2 is 1.92 bits per heavy atom. The van der Waals surface area contributed by atoms with Crippen LogP contribution in [0.15, 0.2) is 0 Å². The molecule has 0 bridgehead atoms. The van der Waals surface area contributed by atoms with E-state index >= 15 is 0 Å². The summed E-state index contributed by atoms with van der Waals surface area (Å²) in [6.07, 6.45) is -9.41. The van der Waals surface area contributed by atoms with Crippen molar-refractivity contribution in [3.63, 3.8) is 0 Å². The van der Waals surface area contributed by atoms with Crippen molar-refractivity contribution in [2.75, 3.05) is 19.7 Å². The van der Waals surface area contributed by atoms with Crippen molar-refractivity contribution in [1.29, 1.82) is 0 Å². The smallest absolute Gasteiger partial charge is 0.272 e. The second-order valence-corrected chi connectivity index (χ2v) is 2.84. The Bertz CT molecular complexity index is 151. The van der Waals surface area contributed by atoms with Crippen LogP contribution in [0.1, 0.15) is 0 Å². The normalized spacial score (nSPS) is 28.8. The first-order valence-electron chi connectivity index (χ1n) is 4.01. The maximum atomic E-state index is 12.9. The largest absolute Gasteiger partial charge is 0.372 e. The topological polar surface area (TPSA) is 21.3 Å². The molecule has 3 unspecified atom stereocenters. The summed E-state index contributed by atoms with van der Waals surface area (Å²) in [5.41, 5.74) is 0. The Hall–Kier alpha value is -0.360. The van der Waals surface area contributed by atoms with Crippen molar-refractivity contribution in [1.82, 2.24) is 5.32 Å². The summed E-state index contributed by atoms with van der Waals surface area (Å²) in [5, 5.41) is 2.73. The summed E-state index contributed by atoms with van der Waals surface area (Å²) in [7, 11) is 0. The maximum absolute atomic E-state index is 12.9. The van der Waals surface area contributed by atoms with E-state index in [0.29, 0.717) is 6.54 Å². The van der Waals surface area contributed by atoms with E-state index in [0.717, 1.165) is 0 Å². The predicted octanol–water partition coefficient (Wildman–Crippen LogP) is 0.916. The lowest BCUT2D eigenvalue weighted by Crippen LogP contribution is -2.48. The van der Waals surface area contributed by atoms with Gasteiger partial charge in [-0.05, 0) is 0 Å². The average Bonchev–Trinajstić information content (AvgIpc) is 2.17. The molecule has 6 heteroatoms. The third kappa shape index (κ3) is 2.80. The van der Waals surface area contributed by atoms with Gasteiger partial charge in [-0.25, -0.2) is 17.6 Å². The molecule has 0 amide bonds. The zero-order valence-corrected chi connectivity index (χ0v) is 6.85. The molecule has 78 valence electrons. The SMILES string of the molecule is FC(F)C(F)C(F)C1CNCCO1. The molecule has 3 atom stereocenters. The molecule has 1 N–H and O–H groups in total. The van der Waals surface area contributed by atoms with Crippen LogP contribution >= 0.6 is 0 Å². The minimum Gasteiger partial charge on any atom is -0.372 e. The highest BCUT2D eigenvalue weighted by Gasteiger charge is 2.37. The van der Waals surface area contributed by atoms with Gasteiger partial charge in [-0.1, -0.05) is 0 Å².